The van der Waals surface area contributed by atoms with Gasteiger partial charge in [0.05, 0.1) is 5.69 Å². The number of hydrogen-bond donors (Lipinski definition) is 2. The molecule has 2 aromatic carbocycles. The number of carbonyl (C=O) groups excluding carboxylic acids is 1. The molecule has 0 aromatic heterocycles. The van der Waals surface area contributed by atoms with Crippen LogP contribution in [0.2, 0.25) is 0 Å². The number of hydroxylamine groups is 1. The quantitative estimate of drug-likeness (QED) is 0.855. The van der Waals surface area contributed by atoms with E-state index in [9.17, 15) is 14.4 Å². The lowest BCUT2D eigenvalue weighted by Crippen LogP contribution is -2.54. The van der Waals surface area contributed by atoms with Crippen molar-refractivity contribution in [1.82, 2.24) is 5.48 Å². The molecule has 1 aliphatic heterocycles. The molecule has 0 spiro atoms. The summed E-state index contributed by atoms with van der Waals surface area (Å²) in [6.45, 7) is 1.46. The third-order valence-electron chi connectivity index (χ3n) is 3.65. The van der Waals surface area contributed by atoms with Gasteiger partial charge in [0.15, 0.2) is 5.54 Å². The van der Waals surface area contributed by atoms with Crippen molar-refractivity contribution >= 4 is 17.3 Å². The molecule has 22 heavy (non-hydrogen) atoms. The predicted octanol–water partition coefficient (Wildman–Crippen LogP) is 2.31. The average Bonchev–Trinajstić information content (AvgIpc) is 2.82. The lowest BCUT2D eigenvalue weighted by atomic mass is 9.91. The smallest absolute Gasteiger partial charge is 0.275 e. The van der Waals surface area contributed by atoms with Crippen LogP contribution in [-0.2, 0) is 4.79 Å². The van der Waals surface area contributed by atoms with Crippen LogP contribution in [0.3, 0.4) is 0 Å². The number of hydrazone groups is 1. The van der Waals surface area contributed by atoms with Gasteiger partial charge < -0.3 is 5.21 Å². The molecule has 6 heteroatoms. The Labute approximate surface area is 126 Å². The van der Waals surface area contributed by atoms with Gasteiger partial charge in [-0.2, -0.15) is 15.6 Å². The van der Waals surface area contributed by atoms with Crippen molar-refractivity contribution in [3.63, 3.8) is 0 Å². The van der Waals surface area contributed by atoms with Crippen molar-refractivity contribution in [2.45, 2.75) is 12.5 Å². The Morgan fingerprint density at radius 2 is 1.77 bits per heavy atom. The zero-order valence-corrected chi connectivity index (χ0v) is 11.8. The van der Waals surface area contributed by atoms with Gasteiger partial charge in [0.25, 0.3) is 5.91 Å². The van der Waals surface area contributed by atoms with Gasteiger partial charge in [-0.15, -0.1) is 0 Å². The van der Waals surface area contributed by atoms with E-state index in [1.807, 2.05) is 11.5 Å². The SMILES string of the molecule is CC1(NO)C(=O)N(c2ccccc2)N=C1c1ccccc1F. The Kier molecular flexibility index (Phi) is 3.48. The molecular weight excluding hydrogens is 285 g/mol. The Morgan fingerprint density at radius 3 is 2.41 bits per heavy atom. The van der Waals surface area contributed by atoms with E-state index in [-0.39, 0.29) is 11.3 Å². The second-order valence-corrected chi connectivity index (χ2v) is 5.12. The van der Waals surface area contributed by atoms with E-state index in [1.54, 1.807) is 36.4 Å². The number of para-hydroxylation sites is 1. The van der Waals surface area contributed by atoms with Gasteiger partial charge in [0.1, 0.15) is 11.5 Å². The first kappa shape index (κ1) is 14.4. The molecule has 1 heterocycles. The summed E-state index contributed by atoms with van der Waals surface area (Å²) in [6.07, 6.45) is 0. The molecule has 0 saturated heterocycles. The van der Waals surface area contributed by atoms with E-state index >= 15 is 0 Å². The van der Waals surface area contributed by atoms with Crippen LogP contribution in [-0.4, -0.2) is 22.4 Å². The molecule has 1 atom stereocenters. The zero-order valence-electron chi connectivity index (χ0n) is 11.8. The Bertz CT molecular complexity index is 748. The maximum absolute atomic E-state index is 14.1. The molecule has 0 radical (unpaired) electrons. The number of anilines is 1. The highest BCUT2D eigenvalue weighted by Gasteiger charge is 2.49. The van der Waals surface area contributed by atoms with Gasteiger partial charge in [-0.05, 0) is 25.1 Å². The summed E-state index contributed by atoms with van der Waals surface area (Å²) in [6, 6.07) is 14.8. The first-order chi connectivity index (χ1) is 10.6. The number of halogens is 1. The van der Waals surface area contributed by atoms with Crippen molar-refractivity contribution in [3.8, 4) is 0 Å². The molecule has 2 N–H and O–H groups in total. The number of hydrogen-bond acceptors (Lipinski definition) is 4. The second kappa shape index (κ2) is 5.32. The fourth-order valence-corrected chi connectivity index (χ4v) is 2.38. The number of amides is 1. The van der Waals surface area contributed by atoms with Crippen molar-refractivity contribution in [2.75, 3.05) is 5.01 Å². The van der Waals surface area contributed by atoms with Gasteiger partial charge in [0.2, 0.25) is 0 Å². The highest BCUT2D eigenvalue weighted by Crippen LogP contribution is 2.29. The number of nitrogens with zero attached hydrogens (tertiary/aromatic N) is 2. The van der Waals surface area contributed by atoms with Crippen molar-refractivity contribution in [1.29, 1.82) is 0 Å². The minimum Gasteiger partial charge on any atom is -0.315 e. The van der Waals surface area contributed by atoms with E-state index in [1.165, 1.54) is 19.1 Å². The van der Waals surface area contributed by atoms with Gasteiger partial charge >= 0.3 is 0 Å². The van der Waals surface area contributed by atoms with E-state index in [0.29, 0.717) is 5.69 Å². The summed E-state index contributed by atoms with van der Waals surface area (Å²) >= 11 is 0. The maximum Gasteiger partial charge on any atom is 0.275 e. The highest BCUT2D eigenvalue weighted by molar-refractivity contribution is 6.28. The fourth-order valence-electron chi connectivity index (χ4n) is 2.38. The van der Waals surface area contributed by atoms with Crippen LogP contribution in [0.5, 0.6) is 0 Å². The summed E-state index contributed by atoms with van der Waals surface area (Å²) in [5.41, 5.74) is 1.29. The van der Waals surface area contributed by atoms with Gasteiger partial charge in [-0.3, -0.25) is 4.79 Å². The normalized spacial score (nSPS) is 21.1. The number of nitrogens with one attached hydrogen (secondary N) is 1. The molecule has 0 fully saturated rings. The van der Waals surface area contributed by atoms with Crippen LogP contribution >= 0.6 is 0 Å². The molecule has 0 bridgehead atoms. The van der Waals surface area contributed by atoms with Crippen LogP contribution < -0.4 is 10.5 Å². The third kappa shape index (κ3) is 2.09. The molecule has 1 amide bonds. The third-order valence-corrected chi connectivity index (χ3v) is 3.65. The Balaban J connectivity index is 2.14. The molecule has 2 aromatic rings. The van der Waals surface area contributed by atoms with Crippen LogP contribution in [0.25, 0.3) is 0 Å². The zero-order chi connectivity index (χ0) is 15.7. The Morgan fingerprint density at radius 1 is 1.14 bits per heavy atom. The highest BCUT2D eigenvalue weighted by atomic mass is 19.1. The fraction of sp³-hybridized carbons (Fsp3) is 0.125. The lowest BCUT2D eigenvalue weighted by molar-refractivity contribution is -0.124. The topological polar surface area (TPSA) is 64.9 Å². The van der Waals surface area contributed by atoms with E-state index in [0.717, 1.165) is 5.01 Å². The number of rotatable bonds is 3. The molecule has 1 aliphatic rings. The van der Waals surface area contributed by atoms with Gasteiger partial charge in [-0.25, -0.2) is 4.39 Å². The van der Waals surface area contributed by atoms with Crippen LogP contribution in [0.4, 0.5) is 10.1 Å². The van der Waals surface area contributed by atoms with E-state index in [4.69, 9.17) is 0 Å². The molecule has 0 saturated carbocycles. The van der Waals surface area contributed by atoms with Gasteiger partial charge in [-0.1, -0.05) is 36.4 Å². The molecule has 0 aliphatic carbocycles. The van der Waals surface area contributed by atoms with Crippen LogP contribution in [0.1, 0.15) is 12.5 Å². The predicted molar refractivity (Wildman–Crippen MR) is 80.2 cm³/mol. The van der Waals surface area contributed by atoms with Crippen LogP contribution in [0, 0.1) is 5.82 Å². The second-order valence-electron chi connectivity index (χ2n) is 5.12. The number of carbonyl (C=O) groups is 1. The van der Waals surface area contributed by atoms with Crippen molar-refractivity contribution in [3.05, 3.63) is 66.0 Å². The first-order valence-electron chi connectivity index (χ1n) is 6.73. The maximum atomic E-state index is 14.1. The van der Waals surface area contributed by atoms with E-state index < -0.39 is 17.3 Å². The average molecular weight is 299 g/mol. The first-order valence-corrected chi connectivity index (χ1v) is 6.73. The monoisotopic (exact) mass is 299 g/mol. The van der Waals surface area contributed by atoms with Crippen LogP contribution in [0.15, 0.2) is 59.7 Å². The summed E-state index contributed by atoms with van der Waals surface area (Å²) in [5.74, 6) is -0.995. The minimum absolute atomic E-state index is 0.127. The van der Waals surface area contributed by atoms with E-state index in [2.05, 4.69) is 5.10 Å². The summed E-state index contributed by atoms with van der Waals surface area (Å²) < 4.78 is 14.1. The number of benzene rings is 2. The van der Waals surface area contributed by atoms with Gasteiger partial charge in [0, 0.05) is 5.56 Å². The summed E-state index contributed by atoms with van der Waals surface area (Å²) in [5, 5.41) is 14.9. The molecule has 5 nitrogen and oxygen atoms in total. The molecule has 112 valence electrons. The minimum atomic E-state index is -1.52. The largest absolute Gasteiger partial charge is 0.315 e. The van der Waals surface area contributed by atoms with Crippen molar-refractivity contribution < 1.29 is 14.4 Å². The standard InChI is InChI=1S/C16H14FN3O2/c1-16(19-22)14(12-9-5-6-10-13(12)17)18-20(15(16)21)11-7-3-2-4-8-11/h2-10,19,22H,1H3. The summed E-state index contributed by atoms with van der Waals surface area (Å²) in [4.78, 5) is 12.6. The van der Waals surface area contributed by atoms with Crippen molar-refractivity contribution in [2.24, 2.45) is 5.10 Å². The molecule has 1 unspecified atom stereocenters. The lowest BCUT2D eigenvalue weighted by Gasteiger charge is -2.22. The Hall–Kier alpha value is -2.57. The summed E-state index contributed by atoms with van der Waals surface area (Å²) in [7, 11) is 0. The molecule has 3 rings (SSSR count). The molecular formula is C16H14FN3O2.